The molecule has 14 heavy (non-hydrogen) atoms. The molecule has 0 radical (unpaired) electrons. The molecule has 3 nitrogen and oxygen atoms in total. The fourth-order valence-corrected chi connectivity index (χ4v) is 2.00. The maximum absolute atomic E-state index is 9.17. The summed E-state index contributed by atoms with van der Waals surface area (Å²) in [6.07, 6.45) is 0.649. The summed E-state index contributed by atoms with van der Waals surface area (Å²) >= 11 is 1.62. The van der Waals surface area contributed by atoms with E-state index in [1.54, 1.807) is 11.3 Å². The second kappa shape index (κ2) is 6.11. The third-order valence-electron chi connectivity index (χ3n) is 2.03. The molecule has 1 heterocycles. The molecule has 80 valence electrons. The van der Waals surface area contributed by atoms with Gasteiger partial charge in [-0.05, 0) is 25.8 Å². The van der Waals surface area contributed by atoms with Gasteiger partial charge in [-0.3, -0.25) is 0 Å². The Morgan fingerprint density at radius 2 is 2.36 bits per heavy atom. The lowest BCUT2D eigenvalue weighted by Gasteiger charge is -2.13. The molecule has 1 rings (SSSR count). The van der Waals surface area contributed by atoms with Gasteiger partial charge < -0.3 is 10.4 Å². The molecule has 0 spiro atoms. The standard InChI is InChI=1S/C10H18N2OS/c1-8(3-9(2)13)4-11-5-10-6-14-7-12-10/h6-9,11,13H,3-5H2,1-2H3. The van der Waals surface area contributed by atoms with Crippen LogP contribution in [0.15, 0.2) is 10.9 Å². The monoisotopic (exact) mass is 214 g/mol. The van der Waals surface area contributed by atoms with Crippen molar-refractivity contribution in [2.24, 2.45) is 5.92 Å². The minimum absolute atomic E-state index is 0.203. The zero-order valence-corrected chi connectivity index (χ0v) is 9.55. The summed E-state index contributed by atoms with van der Waals surface area (Å²) in [4.78, 5) is 4.18. The molecule has 0 saturated carbocycles. The Bertz CT molecular complexity index is 236. The lowest BCUT2D eigenvalue weighted by molar-refractivity contribution is 0.163. The van der Waals surface area contributed by atoms with Crippen LogP contribution >= 0.6 is 11.3 Å². The molecule has 0 aliphatic carbocycles. The molecule has 2 unspecified atom stereocenters. The molecule has 0 bridgehead atoms. The second-order valence-corrected chi connectivity index (χ2v) is 4.52. The van der Waals surface area contributed by atoms with E-state index in [2.05, 4.69) is 17.2 Å². The largest absolute Gasteiger partial charge is 0.393 e. The van der Waals surface area contributed by atoms with Crippen molar-refractivity contribution < 1.29 is 5.11 Å². The summed E-state index contributed by atoms with van der Waals surface area (Å²) in [6.45, 7) is 5.73. The third kappa shape index (κ3) is 4.69. The van der Waals surface area contributed by atoms with E-state index >= 15 is 0 Å². The van der Waals surface area contributed by atoms with Gasteiger partial charge in [0.15, 0.2) is 0 Å². The molecular weight excluding hydrogens is 196 g/mol. The molecule has 1 aromatic heterocycles. The Kier molecular flexibility index (Phi) is 5.07. The molecule has 0 fully saturated rings. The number of nitrogens with zero attached hydrogens (tertiary/aromatic N) is 1. The summed E-state index contributed by atoms with van der Waals surface area (Å²) in [5.41, 5.74) is 2.94. The van der Waals surface area contributed by atoms with Crippen LogP contribution in [0.1, 0.15) is 26.0 Å². The van der Waals surface area contributed by atoms with Gasteiger partial charge in [-0.2, -0.15) is 0 Å². The first-order valence-corrected chi connectivity index (χ1v) is 5.88. The van der Waals surface area contributed by atoms with E-state index in [9.17, 15) is 0 Å². The van der Waals surface area contributed by atoms with E-state index in [1.807, 2.05) is 17.8 Å². The number of aliphatic hydroxyl groups is 1. The molecule has 0 aliphatic rings. The number of aromatic nitrogens is 1. The fraction of sp³-hybridized carbons (Fsp3) is 0.700. The summed E-state index contributed by atoms with van der Waals surface area (Å²) in [7, 11) is 0. The van der Waals surface area contributed by atoms with Crippen LogP contribution in [0.2, 0.25) is 0 Å². The smallest absolute Gasteiger partial charge is 0.0795 e. The zero-order chi connectivity index (χ0) is 10.4. The summed E-state index contributed by atoms with van der Waals surface area (Å²) < 4.78 is 0. The first kappa shape index (κ1) is 11.6. The van der Waals surface area contributed by atoms with Crippen molar-refractivity contribution in [3.8, 4) is 0 Å². The molecule has 0 aliphatic heterocycles. The van der Waals surface area contributed by atoms with Crippen molar-refractivity contribution in [1.82, 2.24) is 10.3 Å². The van der Waals surface area contributed by atoms with Gasteiger partial charge in [0.2, 0.25) is 0 Å². The van der Waals surface area contributed by atoms with Crippen molar-refractivity contribution in [2.45, 2.75) is 32.9 Å². The van der Waals surface area contributed by atoms with Gasteiger partial charge in [0, 0.05) is 11.9 Å². The van der Waals surface area contributed by atoms with Crippen molar-refractivity contribution >= 4 is 11.3 Å². The number of hydrogen-bond acceptors (Lipinski definition) is 4. The third-order valence-corrected chi connectivity index (χ3v) is 2.66. The fourth-order valence-electron chi connectivity index (χ4n) is 1.44. The topological polar surface area (TPSA) is 45.1 Å². The van der Waals surface area contributed by atoms with Crippen LogP contribution in [-0.4, -0.2) is 22.7 Å². The predicted molar refractivity (Wildman–Crippen MR) is 59.3 cm³/mol. The number of nitrogens with one attached hydrogen (secondary N) is 1. The minimum Gasteiger partial charge on any atom is -0.393 e. The number of thiazole rings is 1. The lowest BCUT2D eigenvalue weighted by atomic mass is 10.1. The van der Waals surface area contributed by atoms with E-state index in [0.717, 1.165) is 25.2 Å². The molecule has 0 amide bonds. The number of rotatable bonds is 6. The normalized spacial score (nSPS) is 15.4. The van der Waals surface area contributed by atoms with Gasteiger partial charge in [0.05, 0.1) is 17.3 Å². The van der Waals surface area contributed by atoms with Gasteiger partial charge in [-0.1, -0.05) is 6.92 Å². The maximum Gasteiger partial charge on any atom is 0.0795 e. The lowest BCUT2D eigenvalue weighted by Crippen LogP contribution is -2.23. The van der Waals surface area contributed by atoms with E-state index in [1.165, 1.54) is 0 Å². The highest BCUT2D eigenvalue weighted by atomic mass is 32.1. The Morgan fingerprint density at radius 3 is 2.93 bits per heavy atom. The Balaban J connectivity index is 2.09. The van der Waals surface area contributed by atoms with Crippen LogP contribution in [0.5, 0.6) is 0 Å². The van der Waals surface area contributed by atoms with E-state index < -0.39 is 0 Å². The second-order valence-electron chi connectivity index (χ2n) is 3.80. The molecule has 4 heteroatoms. The van der Waals surface area contributed by atoms with Crippen molar-refractivity contribution in [2.75, 3.05) is 6.54 Å². The molecule has 2 atom stereocenters. The first-order valence-electron chi connectivity index (χ1n) is 4.94. The van der Waals surface area contributed by atoms with Crippen LogP contribution < -0.4 is 5.32 Å². The predicted octanol–water partition coefficient (Wildman–Crippen LogP) is 1.64. The maximum atomic E-state index is 9.17. The van der Waals surface area contributed by atoms with Crippen LogP contribution in [0.4, 0.5) is 0 Å². The van der Waals surface area contributed by atoms with Gasteiger partial charge in [0.1, 0.15) is 0 Å². The van der Waals surface area contributed by atoms with Crippen LogP contribution in [0.25, 0.3) is 0 Å². The van der Waals surface area contributed by atoms with Crippen LogP contribution in [-0.2, 0) is 6.54 Å². The number of aliphatic hydroxyl groups excluding tert-OH is 1. The van der Waals surface area contributed by atoms with Crippen molar-refractivity contribution in [3.63, 3.8) is 0 Å². The summed E-state index contributed by atoms with van der Waals surface area (Å²) in [5.74, 6) is 0.508. The SMILES string of the molecule is CC(O)CC(C)CNCc1cscn1. The van der Waals surface area contributed by atoms with Crippen molar-refractivity contribution in [1.29, 1.82) is 0 Å². The summed E-state index contributed by atoms with van der Waals surface area (Å²) in [6, 6.07) is 0. The highest BCUT2D eigenvalue weighted by Crippen LogP contribution is 2.05. The van der Waals surface area contributed by atoms with Crippen LogP contribution in [0, 0.1) is 5.92 Å². The Hall–Kier alpha value is -0.450. The molecule has 0 saturated heterocycles. The molecule has 2 N–H and O–H groups in total. The average molecular weight is 214 g/mol. The summed E-state index contributed by atoms with van der Waals surface area (Å²) in [5, 5.41) is 14.5. The minimum atomic E-state index is -0.203. The van der Waals surface area contributed by atoms with Gasteiger partial charge in [-0.15, -0.1) is 11.3 Å². The number of hydrogen-bond donors (Lipinski definition) is 2. The van der Waals surface area contributed by atoms with E-state index in [4.69, 9.17) is 5.11 Å². The molecular formula is C10H18N2OS. The highest BCUT2D eigenvalue weighted by Gasteiger charge is 2.05. The average Bonchev–Trinajstić information content (AvgIpc) is 2.55. The van der Waals surface area contributed by atoms with E-state index in [-0.39, 0.29) is 6.10 Å². The van der Waals surface area contributed by atoms with Gasteiger partial charge >= 0.3 is 0 Å². The van der Waals surface area contributed by atoms with E-state index in [0.29, 0.717) is 5.92 Å². The quantitative estimate of drug-likeness (QED) is 0.756. The Morgan fingerprint density at radius 1 is 1.57 bits per heavy atom. The molecule has 0 aromatic carbocycles. The van der Waals surface area contributed by atoms with Crippen LogP contribution in [0.3, 0.4) is 0 Å². The highest BCUT2D eigenvalue weighted by molar-refractivity contribution is 7.07. The Labute approximate surface area is 89.2 Å². The zero-order valence-electron chi connectivity index (χ0n) is 8.73. The van der Waals surface area contributed by atoms with Gasteiger partial charge in [0.25, 0.3) is 0 Å². The van der Waals surface area contributed by atoms with Gasteiger partial charge in [-0.25, -0.2) is 4.98 Å². The molecule has 1 aromatic rings. The first-order chi connectivity index (χ1) is 6.68. The van der Waals surface area contributed by atoms with Crippen molar-refractivity contribution in [3.05, 3.63) is 16.6 Å².